The van der Waals surface area contributed by atoms with Gasteiger partial charge in [-0.3, -0.25) is 15.0 Å². The quantitative estimate of drug-likeness (QED) is 0.396. The molecule has 4 N–H and O–H groups in total. The first-order chi connectivity index (χ1) is 14.4. The average Bonchev–Trinajstić information content (AvgIpc) is 3.30. The maximum absolute atomic E-state index is 13.2. The Balaban J connectivity index is 1.58. The van der Waals surface area contributed by atoms with Crippen molar-refractivity contribution in [2.75, 3.05) is 10.6 Å². The molecule has 4 rings (SSSR count). The number of carboxylic acids is 1. The normalized spacial score (nSPS) is 20.4. The lowest BCUT2D eigenvalue weighted by Gasteiger charge is -2.29. The van der Waals surface area contributed by atoms with Gasteiger partial charge in [-0.1, -0.05) is 30.5 Å². The predicted molar refractivity (Wildman–Crippen MR) is 120 cm³/mol. The number of hydrogen-bond donors (Lipinski definition) is 4. The standard InChI is InChI=1S/C23H27N3O3S/c1-13-9-11-14(12-10-13)25-21(27)19-17-7-4-8-18(17)30-22(19)26-20(24)15-5-2-3-6-16(15)23(28)29/h9-12,15-16H,2-8H2,1H3,(H2,24,26)(H,25,27)(H,28,29). The Morgan fingerprint density at radius 3 is 2.43 bits per heavy atom. The van der Waals surface area contributed by atoms with Crippen LogP contribution in [0.25, 0.3) is 0 Å². The molecule has 1 amide bonds. The highest BCUT2D eigenvalue weighted by Gasteiger charge is 2.35. The van der Waals surface area contributed by atoms with Gasteiger partial charge in [0.25, 0.3) is 5.91 Å². The van der Waals surface area contributed by atoms with Gasteiger partial charge >= 0.3 is 5.97 Å². The second-order valence-electron chi connectivity index (χ2n) is 8.26. The second kappa shape index (κ2) is 8.60. The number of aryl methyl sites for hydroxylation is 2. The van der Waals surface area contributed by atoms with Gasteiger partial charge in [0.1, 0.15) is 10.8 Å². The summed E-state index contributed by atoms with van der Waals surface area (Å²) in [5.74, 6) is -1.66. The highest BCUT2D eigenvalue weighted by atomic mass is 32.1. The van der Waals surface area contributed by atoms with Crippen molar-refractivity contribution in [1.29, 1.82) is 5.41 Å². The summed E-state index contributed by atoms with van der Waals surface area (Å²) in [5, 5.41) is 24.9. The molecular formula is C23H27N3O3S. The van der Waals surface area contributed by atoms with Crippen LogP contribution in [0.5, 0.6) is 0 Å². The van der Waals surface area contributed by atoms with E-state index in [4.69, 9.17) is 5.41 Å². The Bertz CT molecular complexity index is 980. The van der Waals surface area contributed by atoms with Gasteiger partial charge in [0, 0.05) is 16.5 Å². The van der Waals surface area contributed by atoms with E-state index in [0.717, 1.165) is 48.9 Å². The van der Waals surface area contributed by atoms with E-state index in [1.807, 2.05) is 31.2 Å². The molecule has 2 aliphatic carbocycles. The summed E-state index contributed by atoms with van der Waals surface area (Å²) < 4.78 is 0. The summed E-state index contributed by atoms with van der Waals surface area (Å²) >= 11 is 1.53. The topological polar surface area (TPSA) is 102 Å². The van der Waals surface area contributed by atoms with E-state index in [1.165, 1.54) is 16.2 Å². The first-order valence-corrected chi connectivity index (χ1v) is 11.4. The highest BCUT2D eigenvalue weighted by Crippen LogP contribution is 2.40. The van der Waals surface area contributed by atoms with Gasteiger partial charge in [0.15, 0.2) is 0 Å². The number of fused-ring (bicyclic) bond motifs is 1. The van der Waals surface area contributed by atoms with Crippen molar-refractivity contribution in [1.82, 2.24) is 0 Å². The van der Waals surface area contributed by atoms with E-state index in [2.05, 4.69) is 10.6 Å². The fraction of sp³-hybridized carbons (Fsp3) is 0.435. The van der Waals surface area contributed by atoms with Crippen LogP contribution in [0, 0.1) is 24.2 Å². The van der Waals surface area contributed by atoms with Gasteiger partial charge in [-0.2, -0.15) is 0 Å². The van der Waals surface area contributed by atoms with Gasteiger partial charge in [0.05, 0.1) is 11.5 Å². The smallest absolute Gasteiger partial charge is 0.307 e. The maximum Gasteiger partial charge on any atom is 0.307 e. The van der Waals surface area contributed by atoms with Crippen LogP contribution in [0.3, 0.4) is 0 Å². The molecule has 2 atom stereocenters. The number of amidine groups is 1. The van der Waals surface area contributed by atoms with Crippen LogP contribution in [0.15, 0.2) is 24.3 Å². The van der Waals surface area contributed by atoms with E-state index in [1.54, 1.807) is 0 Å². The van der Waals surface area contributed by atoms with Crippen LogP contribution >= 0.6 is 11.3 Å². The number of anilines is 2. The largest absolute Gasteiger partial charge is 0.481 e. The number of carbonyl (C=O) groups is 2. The van der Waals surface area contributed by atoms with Gasteiger partial charge in [-0.15, -0.1) is 11.3 Å². The Hall–Kier alpha value is -2.67. The maximum atomic E-state index is 13.2. The molecule has 0 bridgehead atoms. The number of hydrogen-bond acceptors (Lipinski definition) is 4. The lowest BCUT2D eigenvalue weighted by atomic mass is 9.78. The first-order valence-electron chi connectivity index (χ1n) is 10.5. The van der Waals surface area contributed by atoms with Crippen molar-refractivity contribution < 1.29 is 14.7 Å². The molecule has 1 fully saturated rings. The summed E-state index contributed by atoms with van der Waals surface area (Å²) in [4.78, 5) is 26.0. The zero-order valence-corrected chi connectivity index (χ0v) is 17.9. The number of nitrogens with one attached hydrogen (secondary N) is 3. The van der Waals surface area contributed by atoms with Crippen molar-refractivity contribution in [3.05, 3.63) is 45.8 Å². The van der Waals surface area contributed by atoms with Gasteiger partial charge in [-0.05, 0) is 56.7 Å². The molecule has 30 heavy (non-hydrogen) atoms. The molecule has 1 heterocycles. The van der Waals surface area contributed by atoms with Crippen molar-refractivity contribution in [2.45, 2.75) is 51.9 Å². The highest BCUT2D eigenvalue weighted by molar-refractivity contribution is 7.17. The third kappa shape index (κ3) is 4.12. The number of carbonyl (C=O) groups excluding carboxylic acids is 1. The van der Waals surface area contributed by atoms with Crippen molar-refractivity contribution >= 4 is 39.7 Å². The lowest BCUT2D eigenvalue weighted by Crippen LogP contribution is -2.35. The average molecular weight is 426 g/mol. The number of amides is 1. The van der Waals surface area contributed by atoms with E-state index >= 15 is 0 Å². The monoisotopic (exact) mass is 425 g/mol. The SMILES string of the molecule is Cc1ccc(NC(=O)c2c(NC(=N)C3CCCCC3C(=O)O)sc3c2CCC3)cc1. The minimum atomic E-state index is -0.836. The van der Waals surface area contributed by atoms with Crippen LogP contribution in [-0.4, -0.2) is 22.8 Å². The molecule has 0 aliphatic heterocycles. The number of aliphatic carboxylic acids is 1. The Labute approximate surface area is 180 Å². The number of rotatable bonds is 5. The molecule has 158 valence electrons. The molecule has 7 heteroatoms. The van der Waals surface area contributed by atoms with Crippen molar-refractivity contribution in [2.24, 2.45) is 11.8 Å². The molecule has 0 spiro atoms. The molecule has 0 radical (unpaired) electrons. The predicted octanol–water partition coefficient (Wildman–Crippen LogP) is 5.08. The third-order valence-electron chi connectivity index (χ3n) is 6.16. The van der Waals surface area contributed by atoms with Crippen LogP contribution in [0.1, 0.15) is 58.5 Å². The summed E-state index contributed by atoms with van der Waals surface area (Å²) in [7, 11) is 0. The molecule has 1 aromatic heterocycles. The minimum absolute atomic E-state index is 0.174. The van der Waals surface area contributed by atoms with E-state index in [-0.39, 0.29) is 17.7 Å². The van der Waals surface area contributed by atoms with Crippen molar-refractivity contribution in [3.63, 3.8) is 0 Å². The summed E-state index contributed by atoms with van der Waals surface area (Å²) in [6, 6.07) is 7.68. The molecule has 6 nitrogen and oxygen atoms in total. The Morgan fingerprint density at radius 1 is 1.03 bits per heavy atom. The van der Waals surface area contributed by atoms with E-state index < -0.39 is 11.9 Å². The number of benzene rings is 1. The zero-order chi connectivity index (χ0) is 21.3. The fourth-order valence-electron chi connectivity index (χ4n) is 4.55. The Kier molecular flexibility index (Phi) is 5.90. The minimum Gasteiger partial charge on any atom is -0.481 e. The van der Waals surface area contributed by atoms with Crippen LogP contribution in [-0.2, 0) is 17.6 Å². The molecule has 0 saturated heterocycles. The molecule has 2 unspecified atom stereocenters. The molecule has 1 aromatic carbocycles. The zero-order valence-electron chi connectivity index (χ0n) is 17.1. The van der Waals surface area contributed by atoms with Gasteiger partial charge < -0.3 is 15.7 Å². The first kappa shape index (κ1) is 20.6. The molecule has 1 saturated carbocycles. The molecule has 2 aromatic rings. The molecule has 2 aliphatic rings. The number of carboxylic acid groups (broad SMARTS) is 1. The summed E-state index contributed by atoms with van der Waals surface area (Å²) in [6.45, 7) is 2.00. The van der Waals surface area contributed by atoms with Gasteiger partial charge in [-0.25, -0.2) is 0 Å². The summed E-state index contributed by atoms with van der Waals surface area (Å²) in [5.41, 5.74) is 3.54. The van der Waals surface area contributed by atoms with Crippen molar-refractivity contribution in [3.8, 4) is 0 Å². The van der Waals surface area contributed by atoms with E-state index in [0.29, 0.717) is 23.4 Å². The molecular weight excluding hydrogens is 398 g/mol. The van der Waals surface area contributed by atoms with Crippen LogP contribution < -0.4 is 10.6 Å². The van der Waals surface area contributed by atoms with Gasteiger partial charge in [0.2, 0.25) is 0 Å². The van der Waals surface area contributed by atoms with Crippen LogP contribution in [0.2, 0.25) is 0 Å². The van der Waals surface area contributed by atoms with E-state index in [9.17, 15) is 14.7 Å². The Morgan fingerprint density at radius 2 is 1.73 bits per heavy atom. The van der Waals surface area contributed by atoms with Crippen LogP contribution in [0.4, 0.5) is 10.7 Å². The lowest BCUT2D eigenvalue weighted by molar-refractivity contribution is -0.143. The number of thiophene rings is 1. The fourth-order valence-corrected chi connectivity index (χ4v) is 5.85. The second-order valence-corrected chi connectivity index (χ2v) is 9.36. The third-order valence-corrected chi connectivity index (χ3v) is 7.37. The summed E-state index contributed by atoms with van der Waals surface area (Å²) in [6.07, 6.45) is 5.95.